The van der Waals surface area contributed by atoms with Crippen LogP contribution in [0.1, 0.15) is 0 Å². The first kappa shape index (κ1) is 11.2. The molecule has 2 rings (SSSR count). The number of hydrogen-bond acceptors (Lipinski definition) is 2. The molecule has 0 bridgehead atoms. The van der Waals surface area contributed by atoms with Crippen molar-refractivity contribution in [1.82, 2.24) is 4.98 Å². The van der Waals surface area contributed by atoms with E-state index in [1.807, 2.05) is 12.1 Å². The second kappa shape index (κ2) is 4.73. The van der Waals surface area contributed by atoms with Gasteiger partial charge in [-0.15, -0.1) is 0 Å². The summed E-state index contributed by atoms with van der Waals surface area (Å²) in [7, 11) is 1.60. The zero-order valence-electron chi connectivity index (χ0n) is 8.58. The molecule has 0 amide bonds. The third-order valence-electron chi connectivity index (χ3n) is 2.23. The summed E-state index contributed by atoms with van der Waals surface area (Å²) in [6, 6.07) is 7.28. The summed E-state index contributed by atoms with van der Waals surface area (Å²) >= 11 is 11.9. The third kappa shape index (κ3) is 2.13. The number of nitrogens with zero attached hydrogens (tertiary/aromatic N) is 1. The number of rotatable bonds is 2. The molecule has 1 aromatic carbocycles. The van der Waals surface area contributed by atoms with Crippen LogP contribution in [0.25, 0.3) is 11.1 Å². The minimum absolute atomic E-state index is 0.483. The highest BCUT2D eigenvalue weighted by molar-refractivity contribution is 6.42. The Bertz CT molecular complexity index is 500. The number of aromatic nitrogens is 1. The van der Waals surface area contributed by atoms with Crippen LogP contribution in [0.2, 0.25) is 10.0 Å². The molecule has 0 aliphatic heterocycles. The maximum Gasteiger partial charge on any atom is 0.128 e. The van der Waals surface area contributed by atoms with Gasteiger partial charge in [-0.25, -0.2) is 0 Å². The molecule has 0 aliphatic carbocycles. The Morgan fingerprint density at radius 3 is 2.31 bits per heavy atom. The van der Waals surface area contributed by atoms with Gasteiger partial charge in [0.25, 0.3) is 0 Å². The molecule has 2 nitrogen and oxygen atoms in total. The van der Waals surface area contributed by atoms with E-state index >= 15 is 0 Å². The van der Waals surface area contributed by atoms with Crippen LogP contribution in [0.3, 0.4) is 0 Å². The molecule has 0 radical (unpaired) electrons. The van der Waals surface area contributed by atoms with Crippen molar-refractivity contribution in [2.75, 3.05) is 7.11 Å². The summed E-state index contributed by atoms with van der Waals surface area (Å²) in [6.45, 7) is 0. The van der Waals surface area contributed by atoms with E-state index in [-0.39, 0.29) is 0 Å². The Balaban J connectivity index is 2.60. The summed E-state index contributed by atoms with van der Waals surface area (Å²) in [5, 5.41) is 0.991. The van der Waals surface area contributed by atoms with Crippen molar-refractivity contribution in [3.63, 3.8) is 0 Å². The number of methoxy groups -OCH3 is 1. The van der Waals surface area contributed by atoms with E-state index in [9.17, 15) is 0 Å². The normalized spacial score (nSPS) is 10.2. The van der Waals surface area contributed by atoms with Gasteiger partial charge in [0.1, 0.15) is 5.75 Å². The first-order valence-corrected chi connectivity index (χ1v) is 5.41. The first-order chi connectivity index (χ1) is 7.72. The molecule has 82 valence electrons. The molecule has 4 heteroatoms. The van der Waals surface area contributed by atoms with Gasteiger partial charge in [0.15, 0.2) is 0 Å². The van der Waals surface area contributed by atoms with Gasteiger partial charge in [0, 0.05) is 24.0 Å². The van der Waals surface area contributed by atoms with Crippen molar-refractivity contribution < 1.29 is 4.74 Å². The van der Waals surface area contributed by atoms with E-state index in [2.05, 4.69) is 4.98 Å². The zero-order valence-corrected chi connectivity index (χ0v) is 10.1. The van der Waals surface area contributed by atoms with E-state index in [0.717, 1.165) is 11.1 Å². The van der Waals surface area contributed by atoms with E-state index < -0.39 is 0 Å². The summed E-state index contributed by atoms with van der Waals surface area (Å²) in [4.78, 5) is 3.97. The fourth-order valence-electron chi connectivity index (χ4n) is 1.45. The number of pyridine rings is 1. The predicted molar refractivity (Wildman–Crippen MR) is 66.2 cm³/mol. The maximum absolute atomic E-state index is 5.99. The van der Waals surface area contributed by atoms with Crippen molar-refractivity contribution in [3.05, 3.63) is 46.7 Å². The van der Waals surface area contributed by atoms with Crippen molar-refractivity contribution in [3.8, 4) is 16.9 Å². The second-order valence-electron chi connectivity index (χ2n) is 3.20. The minimum atomic E-state index is 0.483. The molecule has 0 aliphatic rings. The molecule has 0 N–H and O–H groups in total. The highest BCUT2D eigenvalue weighted by atomic mass is 35.5. The average molecular weight is 254 g/mol. The average Bonchev–Trinajstić information content (AvgIpc) is 2.33. The van der Waals surface area contributed by atoms with Gasteiger partial charge in [-0.05, 0) is 23.8 Å². The van der Waals surface area contributed by atoms with Crippen molar-refractivity contribution >= 4 is 23.2 Å². The Hall–Kier alpha value is -1.25. The Morgan fingerprint density at radius 2 is 1.69 bits per heavy atom. The van der Waals surface area contributed by atoms with Crippen LogP contribution >= 0.6 is 23.2 Å². The summed E-state index contributed by atoms with van der Waals surface area (Å²) in [5.41, 5.74) is 1.89. The van der Waals surface area contributed by atoms with Crippen LogP contribution in [0, 0.1) is 0 Å². The smallest absolute Gasteiger partial charge is 0.128 e. The SMILES string of the molecule is COc1cc(Cl)c(Cl)cc1-c1ccncc1. The molecule has 0 saturated heterocycles. The maximum atomic E-state index is 5.99. The Kier molecular flexibility index (Phi) is 3.32. The first-order valence-electron chi connectivity index (χ1n) is 4.66. The molecule has 0 fully saturated rings. The number of ether oxygens (including phenoxy) is 1. The molecule has 0 spiro atoms. The highest BCUT2D eigenvalue weighted by Gasteiger charge is 2.09. The molecular weight excluding hydrogens is 245 g/mol. The van der Waals surface area contributed by atoms with Gasteiger partial charge in [-0.3, -0.25) is 4.98 Å². The lowest BCUT2D eigenvalue weighted by Gasteiger charge is -2.10. The molecule has 0 saturated carbocycles. The van der Waals surface area contributed by atoms with Crippen LogP contribution in [0.5, 0.6) is 5.75 Å². The van der Waals surface area contributed by atoms with E-state index in [0.29, 0.717) is 15.8 Å². The predicted octanol–water partition coefficient (Wildman–Crippen LogP) is 4.06. The van der Waals surface area contributed by atoms with Crippen molar-refractivity contribution in [1.29, 1.82) is 0 Å². The fourth-order valence-corrected chi connectivity index (χ4v) is 1.77. The molecule has 16 heavy (non-hydrogen) atoms. The van der Waals surface area contributed by atoms with Gasteiger partial charge >= 0.3 is 0 Å². The van der Waals surface area contributed by atoms with Crippen LogP contribution in [0.4, 0.5) is 0 Å². The number of halogens is 2. The third-order valence-corrected chi connectivity index (χ3v) is 2.96. The summed E-state index contributed by atoms with van der Waals surface area (Å²) in [5.74, 6) is 0.695. The standard InChI is InChI=1S/C12H9Cl2NO/c1-16-12-7-11(14)10(13)6-9(12)8-2-4-15-5-3-8/h2-7H,1H3. The minimum Gasteiger partial charge on any atom is -0.496 e. The van der Waals surface area contributed by atoms with Crippen LogP contribution in [0.15, 0.2) is 36.7 Å². The lowest BCUT2D eigenvalue weighted by atomic mass is 10.1. The molecular formula is C12H9Cl2NO. The molecule has 1 heterocycles. The van der Waals surface area contributed by atoms with Crippen molar-refractivity contribution in [2.24, 2.45) is 0 Å². The van der Waals surface area contributed by atoms with Crippen LogP contribution in [-0.2, 0) is 0 Å². The van der Waals surface area contributed by atoms with Crippen LogP contribution in [-0.4, -0.2) is 12.1 Å². The topological polar surface area (TPSA) is 22.1 Å². The number of hydrogen-bond donors (Lipinski definition) is 0. The van der Waals surface area contributed by atoms with Gasteiger partial charge < -0.3 is 4.74 Å². The van der Waals surface area contributed by atoms with E-state index in [1.54, 1.807) is 31.6 Å². The van der Waals surface area contributed by atoms with Crippen LogP contribution < -0.4 is 4.74 Å². The van der Waals surface area contributed by atoms with Gasteiger partial charge in [-0.2, -0.15) is 0 Å². The zero-order chi connectivity index (χ0) is 11.5. The fraction of sp³-hybridized carbons (Fsp3) is 0.0833. The van der Waals surface area contributed by atoms with Gasteiger partial charge in [0.05, 0.1) is 17.2 Å². The highest BCUT2D eigenvalue weighted by Crippen LogP contribution is 2.36. The molecule has 1 aromatic heterocycles. The van der Waals surface area contributed by atoms with E-state index in [1.165, 1.54) is 0 Å². The largest absolute Gasteiger partial charge is 0.496 e. The quantitative estimate of drug-likeness (QED) is 0.806. The molecule has 2 aromatic rings. The Labute approximate surface area is 104 Å². The molecule has 0 unspecified atom stereocenters. The summed E-state index contributed by atoms with van der Waals surface area (Å²) < 4.78 is 5.27. The monoisotopic (exact) mass is 253 g/mol. The van der Waals surface area contributed by atoms with Gasteiger partial charge in [-0.1, -0.05) is 23.2 Å². The summed E-state index contributed by atoms with van der Waals surface area (Å²) in [6.07, 6.45) is 3.44. The lowest BCUT2D eigenvalue weighted by Crippen LogP contribution is -1.88. The van der Waals surface area contributed by atoms with Crippen molar-refractivity contribution in [2.45, 2.75) is 0 Å². The Morgan fingerprint density at radius 1 is 1.06 bits per heavy atom. The lowest BCUT2D eigenvalue weighted by molar-refractivity contribution is 0.416. The molecule has 0 atom stereocenters. The second-order valence-corrected chi connectivity index (χ2v) is 4.02. The van der Waals surface area contributed by atoms with E-state index in [4.69, 9.17) is 27.9 Å². The number of benzene rings is 1. The van der Waals surface area contributed by atoms with Gasteiger partial charge in [0.2, 0.25) is 0 Å².